The van der Waals surface area contributed by atoms with Crippen LogP contribution in [0.15, 0.2) is 71.5 Å². The molecule has 1 heterocycles. The van der Waals surface area contributed by atoms with Gasteiger partial charge < -0.3 is 10.2 Å². The summed E-state index contributed by atoms with van der Waals surface area (Å²) in [5.74, 6) is 0.557. The van der Waals surface area contributed by atoms with Gasteiger partial charge in [-0.05, 0) is 81.1 Å². The van der Waals surface area contributed by atoms with Crippen LogP contribution in [0, 0.1) is 20.8 Å². The van der Waals surface area contributed by atoms with Crippen LogP contribution in [-0.2, 0) is 0 Å². The van der Waals surface area contributed by atoms with Crippen LogP contribution < -0.4 is 10.9 Å². The van der Waals surface area contributed by atoms with E-state index in [0.717, 1.165) is 28.1 Å². The second-order valence-corrected chi connectivity index (χ2v) is 8.85. The highest BCUT2D eigenvalue weighted by molar-refractivity contribution is 5.90. The number of aromatic nitrogens is 2. The molecule has 2 amide bonds. The van der Waals surface area contributed by atoms with Gasteiger partial charge in [-0.1, -0.05) is 43.3 Å². The molecule has 180 valence electrons. The lowest BCUT2D eigenvalue weighted by Crippen LogP contribution is -2.40. The van der Waals surface area contributed by atoms with Crippen molar-refractivity contribution in [2.45, 2.75) is 47.1 Å². The summed E-state index contributed by atoms with van der Waals surface area (Å²) >= 11 is 0. The molecule has 6 heteroatoms. The first-order valence-electron chi connectivity index (χ1n) is 12.1. The fourth-order valence-corrected chi connectivity index (χ4v) is 4.44. The van der Waals surface area contributed by atoms with Gasteiger partial charge in [0.2, 0.25) is 0 Å². The lowest BCUT2D eigenvalue weighted by atomic mass is 10.1. The molecule has 0 saturated heterocycles. The van der Waals surface area contributed by atoms with E-state index in [9.17, 15) is 9.59 Å². The van der Waals surface area contributed by atoms with Gasteiger partial charge in [0, 0.05) is 12.2 Å². The molecule has 3 aromatic carbocycles. The number of para-hydroxylation sites is 2. The molecule has 0 aliphatic rings. The summed E-state index contributed by atoms with van der Waals surface area (Å²) in [5, 5.41) is 3.60. The van der Waals surface area contributed by atoms with Gasteiger partial charge in [0.25, 0.3) is 5.56 Å². The first-order chi connectivity index (χ1) is 16.8. The van der Waals surface area contributed by atoms with E-state index in [0.29, 0.717) is 29.7 Å². The number of rotatable bonds is 6. The minimum atomic E-state index is -0.400. The van der Waals surface area contributed by atoms with Gasteiger partial charge in [0.05, 0.1) is 22.6 Å². The Bertz CT molecular complexity index is 1440. The average molecular weight is 469 g/mol. The molecule has 0 bridgehead atoms. The molecular weight excluding hydrogens is 436 g/mol. The van der Waals surface area contributed by atoms with E-state index in [4.69, 9.17) is 4.98 Å². The summed E-state index contributed by atoms with van der Waals surface area (Å²) in [6, 6.07) is 20.4. The van der Waals surface area contributed by atoms with Crippen LogP contribution in [0.3, 0.4) is 0 Å². The molecule has 0 saturated carbocycles. The molecule has 0 aliphatic carbocycles. The third-order valence-corrected chi connectivity index (χ3v) is 6.60. The molecule has 6 nitrogen and oxygen atoms in total. The zero-order chi connectivity index (χ0) is 25.1. The molecule has 0 fully saturated rings. The number of nitrogens with one attached hydrogen (secondary N) is 1. The second kappa shape index (κ2) is 10.1. The Hall–Kier alpha value is -3.93. The van der Waals surface area contributed by atoms with Gasteiger partial charge >= 0.3 is 6.03 Å². The van der Waals surface area contributed by atoms with Gasteiger partial charge in [0.1, 0.15) is 5.82 Å². The summed E-state index contributed by atoms with van der Waals surface area (Å²) in [6.45, 7) is 10.5. The predicted octanol–water partition coefficient (Wildman–Crippen LogP) is 6.32. The Morgan fingerprint density at radius 2 is 1.66 bits per heavy atom. The quantitative estimate of drug-likeness (QED) is 0.360. The standard InChI is InChI=1S/C29H32N4O2/c1-6-26(32(7-2)29(35)31-24-14-10-8-12-20(24)4)27-30-25-15-11-9-13-23(25)28(34)33(27)22-17-16-19(3)21(5)18-22/h8-18,26H,6-7H2,1-5H3,(H,31,35). The van der Waals surface area contributed by atoms with Crippen LogP contribution in [0.4, 0.5) is 10.5 Å². The molecule has 0 aliphatic heterocycles. The van der Waals surface area contributed by atoms with Gasteiger partial charge in [-0.2, -0.15) is 0 Å². The first kappa shape index (κ1) is 24.2. The molecular formula is C29H32N4O2. The monoisotopic (exact) mass is 468 g/mol. The topological polar surface area (TPSA) is 67.2 Å². The van der Waals surface area contributed by atoms with E-state index in [2.05, 4.69) is 5.32 Å². The molecule has 1 unspecified atom stereocenters. The number of carbonyl (C=O) groups excluding carboxylic acids is 1. The molecule has 4 aromatic rings. The van der Waals surface area contributed by atoms with Crippen molar-refractivity contribution in [1.29, 1.82) is 0 Å². The Morgan fingerprint density at radius 3 is 2.34 bits per heavy atom. The van der Waals surface area contributed by atoms with E-state index in [-0.39, 0.29) is 11.6 Å². The van der Waals surface area contributed by atoms with E-state index in [1.807, 2.05) is 95.3 Å². The normalized spacial score (nSPS) is 11.9. The first-order valence-corrected chi connectivity index (χ1v) is 12.1. The summed E-state index contributed by atoms with van der Waals surface area (Å²) in [6.07, 6.45) is 0.602. The average Bonchev–Trinajstić information content (AvgIpc) is 2.85. The molecule has 1 N–H and O–H groups in total. The molecule has 1 aromatic heterocycles. The van der Waals surface area contributed by atoms with E-state index in [1.165, 1.54) is 0 Å². The SMILES string of the molecule is CCC(c1nc2ccccc2c(=O)n1-c1ccc(C)c(C)c1)N(CC)C(=O)Nc1ccccc1C. The summed E-state index contributed by atoms with van der Waals surface area (Å²) in [7, 11) is 0. The van der Waals surface area contributed by atoms with E-state index >= 15 is 0 Å². The number of fused-ring (bicyclic) bond motifs is 1. The largest absolute Gasteiger partial charge is 0.322 e. The van der Waals surface area contributed by atoms with Crippen LogP contribution in [-0.4, -0.2) is 27.0 Å². The summed E-state index contributed by atoms with van der Waals surface area (Å²) in [4.78, 5) is 34.0. The number of aryl methyl sites for hydroxylation is 3. The van der Waals surface area contributed by atoms with E-state index < -0.39 is 6.04 Å². The third kappa shape index (κ3) is 4.69. The maximum atomic E-state index is 13.8. The Balaban J connectivity index is 1.88. The van der Waals surface area contributed by atoms with E-state index in [1.54, 1.807) is 15.5 Å². The van der Waals surface area contributed by atoms with Gasteiger partial charge in [-0.3, -0.25) is 9.36 Å². The van der Waals surface area contributed by atoms with Crippen LogP contribution in [0.1, 0.15) is 48.8 Å². The fraction of sp³-hybridized carbons (Fsp3) is 0.276. The van der Waals surface area contributed by atoms with Crippen molar-refractivity contribution in [3.05, 3.63) is 99.6 Å². The number of nitrogens with zero attached hydrogens (tertiary/aromatic N) is 3. The zero-order valence-electron chi connectivity index (χ0n) is 21.0. The minimum absolute atomic E-state index is 0.136. The Kier molecular flexibility index (Phi) is 7.01. The smallest absolute Gasteiger partial charge is 0.315 e. The Labute approximate surface area is 206 Å². The Morgan fingerprint density at radius 1 is 0.943 bits per heavy atom. The van der Waals surface area contributed by atoms with Crippen molar-refractivity contribution < 1.29 is 4.79 Å². The van der Waals surface area contributed by atoms with Crippen molar-refractivity contribution in [1.82, 2.24) is 14.5 Å². The summed E-state index contributed by atoms with van der Waals surface area (Å²) < 4.78 is 1.67. The number of amides is 2. The van der Waals surface area contributed by atoms with Crippen LogP contribution in [0.25, 0.3) is 16.6 Å². The van der Waals surface area contributed by atoms with Crippen molar-refractivity contribution >= 4 is 22.6 Å². The van der Waals surface area contributed by atoms with Gasteiger partial charge in [0.15, 0.2) is 0 Å². The predicted molar refractivity (Wildman–Crippen MR) is 142 cm³/mol. The highest BCUT2D eigenvalue weighted by Crippen LogP contribution is 2.27. The van der Waals surface area contributed by atoms with Crippen molar-refractivity contribution in [3.8, 4) is 5.69 Å². The van der Waals surface area contributed by atoms with Crippen LogP contribution in [0.5, 0.6) is 0 Å². The molecule has 35 heavy (non-hydrogen) atoms. The highest BCUT2D eigenvalue weighted by Gasteiger charge is 2.28. The highest BCUT2D eigenvalue weighted by atomic mass is 16.2. The molecule has 1 atom stereocenters. The number of hydrogen-bond acceptors (Lipinski definition) is 3. The molecule has 0 radical (unpaired) electrons. The number of anilines is 1. The second-order valence-electron chi connectivity index (χ2n) is 8.85. The van der Waals surface area contributed by atoms with Crippen molar-refractivity contribution in [3.63, 3.8) is 0 Å². The number of carbonyl (C=O) groups is 1. The zero-order valence-corrected chi connectivity index (χ0v) is 21.0. The minimum Gasteiger partial charge on any atom is -0.315 e. The van der Waals surface area contributed by atoms with Crippen molar-refractivity contribution in [2.24, 2.45) is 0 Å². The van der Waals surface area contributed by atoms with Gasteiger partial charge in [-0.25, -0.2) is 9.78 Å². The molecule has 0 spiro atoms. The number of urea groups is 1. The summed E-state index contributed by atoms with van der Waals surface area (Å²) in [5.41, 5.74) is 5.23. The number of benzene rings is 3. The van der Waals surface area contributed by atoms with Crippen LogP contribution in [0.2, 0.25) is 0 Å². The maximum absolute atomic E-state index is 13.8. The lowest BCUT2D eigenvalue weighted by Gasteiger charge is -2.31. The third-order valence-electron chi connectivity index (χ3n) is 6.60. The van der Waals surface area contributed by atoms with Crippen LogP contribution >= 0.6 is 0 Å². The van der Waals surface area contributed by atoms with Crippen molar-refractivity contribution in [2.75, 3.05) is 11.9 Å². The maximum Gasteiger partial charge on any atom is 0.322 e. The molecule has 4 rings (SSSR count). The lowest BCUT2D eigenvalue weighted by molar-refractivity contribution is 0.185. The number of hydrogen-bond donors (Lipinski definition) is 1. The van der Waals surface area contributed by atoms with Gasteiger partial charge in [-0.15, -0.1) is 0 Å². The fourth-order valence-electron chi connectivity index (χ4n) is 4.44.